The highest BCUT2D eigenvalue weighted by atomic mass is 35.5. The van der Waals surface area contributed by atoms with E-state index in [1.807, 2.05) is 67.7 Å². The average molecular weight is 393 g/mol. The third-order valence-electron chi connectivity index (χ3n) is 4.34. The van der Waals surface area contributed by atoms with E-state index in [-0.39, 0.29) is 18.0 Å². The summed E-state index contributed by atoms with van der Waals surface area (Å²) in [6.45, 7) is 0. The van der Waals surface area contributed by atoms with Crippen molar-refractivity contribution in [1.82, 2.24) is 4.98 Å². The van der Waals surface area contributed by atoms with Crippen LogP contribution in [0.4, 0.5) is 5.69 Å². The third kappa shape index (κ3) is 4.99. The average Bonchev–Trinajstić information content (AvgIpc) is 3.13. The van der Waals surface area contributed by atoms with Crippen molar-refractivity contribution in [3.63, 3.8) is 0 Å². The Labute approximate surface area is 169 Å². The molecule has 0 aliphatic rings. The Morgan fingerprint density at radius 2 is 1.75 bits per heavy atom. The van der Waals surface area contributed by atoms with Crippen molar-refractivity contribution < 1.29 is 9.59 Å². The number of allylic oxidation sites excluding steroid dienone is 2. The zero-order valence-corrected chi connectivity index (χ0v) is 16.5. The first-order valence-corrected chi connectivity index (χ1v) is 9.26. The molecule has 0 saturated carbocycles. The normalized spacial score (nSPS) is 11.5. The van der Waals surface area contributed by atoms with Crippen molar-refractivity contribution in [3.8, 4) is 0 Å². The molecule has 3 aromatic rings. The summed E-state index contributed by atoms with van der Waals surface area (Å²) in [4.78, 5) is 29.2. The van der Waals surface area contributed by atoms with E-state index in [1.54, 1.807) is 12.2 Å². The second kappa shape index (κ2) is 8.72. The lowest BCUT2D eigenvalue weighted by Crippen LogP contribution is -2.08. The number of anilines is 1. The number of H-pyrrole nitrogens is 1. The predicted octanol–water partition coefficient (Wildman–Crippen LogP) is 5.14. The quantitative estimate of drug-likeness (QED) is 0.447. The molecule has 1 heterocycles. The molecule has 3 rings (SSSR count). The lowest BCUT2D eigenvalue weighted by Gasteiger charge is -2.13. The third-order valence-corrected chi connectivity index (χ3v) is 4.67. The molecular weight excluding hydrogens is 372 g/mol. The van der Waals surface area contributed by atoms with Gasteiger partial charge in [0.2, 0.25) is 0 Å². The summed E-state index contributed by atoms with van der Waals surface area (Å²) in [5, 5.41) is 1.67. The fourth-order valence-electron chi connectivity index (χ4n) is 2.76. The fraction of sp³-hybridized carbons (Fsp3) is 0.130. The molecule has 28 heavy (non-hydrogen) atoms. The van der Waals surface area contributed by atoms with Gasteiger partial charge in [-0.15, -0.1) is 0 Å². The molecule has 0 unspecified atom stereocenters. The van der Waals surface area contributed by atoms with Crippen molar-refractivity contribution in [2.75, 3.05) is 19.0 Å². The molecule has 2 aromatic carbocycles. The Kier molecular flexibility index (Phi) is 6.12. The van der Waals surface area contributed by atoms with Crippen molar-refractivity contribution in [3.05, 3.63) is 77.0 Å². The number of hydrogen-bond donors (Lipinski definition) is 1. The highest BCUT2D eigenvalue weighted by molar-refractivity contribution is 6.32. The van der Waals surface area contributed by atoms with Gasteiger partial charge in [-0.25, -0.2) is 0 Å². The van der Waals surface area contributed by atoms with Gasteiger partial charge in [0.1, 0.15) is 0 Å². The van der Waals surface area contributed by atoms with Crippen LogP contribution >= 0.6 is 11.6 Å². The van der Waals surface area contributed by atoms with Gasteiger partial charge < -0.3 is 9.88 Å². The number of benzene rings is 2. The summed E-state index contributed by atoms with van der Waals surface area (Å²) in [6.07, 6.45) is 7.89. The molecule has 0 fully saturated rings. The van der Waals surface area contributed by atoms with Gasteiger partial charge >= 0.3 is 0 Å². The SMILES string of the molecule is CN(C)c1ccc(/C=C/C(=O)CC(=O)/C=C/c2ccc3cc[nH]c3c2)c(Cl)c1. The summed E-state index contributed by atoms with van der Waals surface area (Å²) in [5.74, 6) is -0.502. The zero-order valence-electron chi connectivity index (χ0n) is 15.8. The van der Waals surface area contributed by atoms with Gasteiger partial charge in [-0.3, -0.25) is 9.59 Å². The first kappa shape index (κ1) is 19.6. The van der Waals surface area contributed by atoms with E-state index >= 15 is 0 Å². The maximum Gasteiger partial charge on any atom is 0.163 e. The summed E-state index contributed by atoms with van der Waals surface area (Å²) in [7, 11) is 3.86. The largest absolute Gasteiger partial charge is 0.378 e. The van der Waals surface area contributed by atoms with E-state index < -0.39 is 0 Å². The van der Waals surface area contributed by atoms with E-state index in [0.717, 1.165) is 27.7 Å². The molecule has 5 heteroatoms. The molecule has 0 aliphatic carbocycles. The van der Waals surface area contributed by atoms with Crippen LogP contribution in [0.5, 0.6) is 0 Å². The molecule has 0 atom stereocenters. The molecule has 0 aliphatic heterocycles. The van der Waals surface area contributed by atoms with Crippen LogP contribution in [0, 0.1) is 0 Å². The molecule has 1 aromatic heterocycles. The summed E-state index contributed by atoms with van der Waals surface area (Å²) >= 11 is 6.24. The van der Waals surface area contributed by atoms with Gasteiger partial charge in [-0.2, -0.15) is 0 Å². The maximum atomic E-state index is 12.1. The van der Waals surface area contributed by atoms with Crippen LogP contribution < -0.4 is 4.90 Å². The highest BCUT2D eigenvalue weighted by Gasteiger charge is 2.05. The minimum atomic E-state index is -0.262. The van der Waals surface area contributed by atoms with Gasteiger partial charge in [0.05, 0.1) is 6.42 Å². The van der Waals surface area contributed by atoms with Crippen molar-refractivity contribution in [1.29, 1.82) is 0 Å². The minimum absolute atomic E-state index is 0.175. The number of rotatable bonds is 7. The lowest BCUT2D eigenvalue weighted by atomic mass is 10.1. The summed E-state index contributed by atoms with van der Waals surface area (Å²) < 4.78 is 0. The number of aromatic amines is 1. The second-order valence-electron chi connectivity index (χ2n) is 6.70. The standard InChI is InChI=1S/C23H21ClN2O2/c1-26(2)19-8-6-17(22(24)14-19)7-10-21(28)15-20(27)9-4-16-3-5-18-11-12-25-23(18)13-16/h3-14,25H,15H2,1-2H3/b9-4+,10-7+. The van der Waals surface area contributed by atoms with E-state index in [2.05, 4.69) is 4.98 Å². The fourth-order valence-corrected chi connectivity index (χ4v) is 3.00. The molecule has 0 amide bonds. The van der Waals surface area contributed by atoms with E-state index in [4.69, 9.17) is 11.6 Å². The molecule has 0 spiro atoms. The number of carbonyl (C=O) groups is 2. The zero-order chi connectivity index (χ0) is 20.1. The first-order chi connectivity index (χ1) is 13.4. The van der Waals surface area contributed by atoms with Gasteiger partial charge in [0, 0.05) is 36.5 Å². The van der Waals surface area contributed by atoms with Crippen LogP contribution in [0.25, 0.3) is 23.1 Å². The molecule has 4 nitrogen and oxygen atoms in total. The van der Waals surface area contributed by atoms with E-state index in [9.17, 15) is 9.59 Å². The molecule has 0 radical (unpaired) electrons. The summed E-state index contributed by atoms with van der Waals surface area (Å²) in [6, 6.07) is 13.5. The van der Waals surface area contributed by atoms with Crippen molar-refractivity contribution in [2.24, 2.45) is 0 Å². The number of ketones is 2. The van der Waals surface area contributed by atoms with Crippen LogP contribution in [0.15, 0.2) is 60.8 Å². The Morgan fingerprint density at radius 3 is 2.46 bits per heavy atom. The number of hydrogen-bond acceptors (Lipinski definition) is 3. The number of nitrogens with one attached hydrogen (secondary N) is 1. The Balaban J connectivity index is 1.59. The lowest BCUT2D eigenvalue weighted by molar-refractivity contribution is -0.121. The van der Waals surface area contributed by atoms with Crippen molar-refractivity contribution >= 4 is 51.9 Å². The monoisotopic (exact) mass is 392 g/mol. The van der Waals surface area contributed by atoms with E-state index in [1.165, 1.54) is 12.2 Å². The molecule has 1 N–H and O–H groups in total. The van der Waals surface area contributed by atoms with Crippen LogP contribution in [0.2, 0.25) is 5.02 Å². The topological polar surface area (TPSA) is 53.2 Å². The van der Waals surface area contributed by atoms with Crippen LogP contribution in [-0.2, 0) is 9.59 Å². The predicted molar refractivity (Wildman–Crippen MR) is 117 cm³/mol. The van der Waals surface area contributed by atoms with Gasteiger partial charge in [0.25, 0.3) is 0 Å². The summed E-state index contributed by atoms with van der Waals surface area (Å²) in [5.41, 5.74) is 3.62. The number of nitrogens with zero attached hydrogens (tertiary/aromatic N) is 1. The van der Waals surface area contributed by atoms with Crippen molar-refractivity contribution in [2.45, 2.75) is 6.42 Å². The number of fused-ring (bicyclic) bond motifs is 1. The highest BCUT2D eigenvalue weighted by Crippen LogP contribution is 2.23. The van der Waals surface area contributed by atoms with Crippen LogP contribution in [0.3, 0.4) is 0 Å². The smallest absolute Gasteiger partial charge is 0.163 e. The molecular formula is C23H21ClN2O2. The van der Waals surface area contributed by atoms with Gasteiger partial charge in [-0.1, -0.05) is 35.9 Å². The molecule has 0 bridgehead atoms. The Hall–Kier alpha value is -3.11. The number of halogens is 1. The van der Waals surface area contributed by atoms with Gasteiger partial charge in [0.15, 0.2) is 11.6 Å². The number of aromatic nitrogens is 1. The minimum Gasteiger partial charge on any atom is -0.378 e. The number of carbonyl (C=O) groups excluding carboxylic acids is 2. The van der Waals surface area contributed by atoms with E-state index in [0.29, 0.717) is 5.02 Å². The van der Waals surface area contributed by atoms with Crippen LogP contribution in [0.1, 0.15) is 17.5 Å². The van der Waals surface area contributed by atoms with Gasteiger partial charge in [-0.05, 0) is 59.0 Å². The Bertz CT molecular complexity index is 1080. The van der Waals surface area contributed by atoms with Crippen LogP contribution in [-0.4, -0.2) is 30.6 Å². The maximum absolute atomic E-state index is 12.1. The Morgan fingerprint density at radius 1 is 1.00 bits per heavy atom. The molecule has 0 saturated heterocycles. The first-order valence-electron chi connectivity index (χ1n) is 8.88. The molecule has 142 valence electrons. The second-order valence-corrected chi connectivity index (χ2v) is 7.11.